The first-order valence-electron chi connectivity index (χ1n) is 11.0. The number of halogens is 2. The number of rotatable bonds is 9. The summed E-state index contributed by atoms with van der Waals surface area (Å²) in [6.07, 6.45) is 1.61. The maximum Gasteiger partial charge on any atom is 0.241 e. The fourth-order valence-corrected chi connectivity index (χ4v) is 4.82. The fourth-order valence-electron chi connectivity index (χ4n) is 3.78. The number of nitrogens with one attached hydrogen (secondary N) is 1. The Morgan fingerprint density at radius 3 is 2.70 bits per heavy atom. The Kier molecular flexibility index (Phi) is 8.36. The number of hydrogen-bond acceptors (Lipinski definition) is 6. The van der Waals surface area contributed by atoms with E-state index >= 15 is 0 Å². The van der Waals surface area contributed by atoms with Gasteiger partial charge in [-0.15, -0.1) is 0 Å². The van der Waals surface area contributed by atoms with Crippen LogP contribution in [0.3, 0.4) is 0 Å². The Morgan fingerprint density at radius 1 is 1.18 bits per heavy atom. The van der Waals surface area contributed by atoms with E-state index in [2.05, 4.69) is 20.4 Å². The molecule has 1 aliphatic rings. The number of hydrogen-bond donors (Lipinski definition) is 1. The van der Waals surface area contributed by atoms with Crippen LogP contribution in [-0.4, -0.2) is 46.3 Å². The average molecular weight is 489 g/mol. The third-order valence-electron chi connectivity index (χ3n) is 5.63. The minimum atomic E-state index is -0.221. The van der Waals surface area contributed by atoms with Crippen LogP contribution in [0.15, 0.2) is 53.1 Å². The van der Waals surface area contributed by atoms with Crippen molar-refractivity contribution in [2.75, 3.05) is 25.4 Å². The highest BCUT2D eigenvalue weighted by atomic mass is 35.5. The molecule has 0 bridgehead atoms. The highest BCUT2D eigenvalue weighted by Crippen LogP contribution is 2.25. The zero-order valence-electron chi connectivity index (χ0n) is 18.2. The smallest absolute Gasteiger partial charge is 0.241 e. The number of benzene rings is 2. The number of carbonyl (C=O) groups is 1. The lowest BCUT2D eigenvalue weighted by Crippen LogP contribution is -2.40. The van der Waals surface area contributed by atoms with Crippen LogP contribution in [0, 0.1) is 11.7 Å². The van der Waals surface area contributed by atoms with Crippen LogP contribution >= 0.6 is 23.4 Å². The van der Waals surface area contributed by atoms with Gasteiger partial charge in [-0.3, -0.25) is 9.69 Å². The minimum Gasteiger partial charge on any atom is -0.355 e. The summed E-state index contributed by atoms with van der Waals surface area (Å²) in [7, 11) is 0. The Labute approximate surface area is 201 Å². The number of amides is 1. The van der Waals surface area contributed by atoms with Crippen molar-refractivity contribution in [3.05, 3.63) is 70.8 Å². The first kappa shape index (κ1) is 23.7. The van der Waals surface area contributed by atoms with Crippen LogP contribution in [0.1, 0.15) is 24.3 Å². The quantitative estimate of drug-likeness (QED) is 0.437. The van der Waals surface area contributed by atoms with E-state index in [1.54, 1.807) is 30.0 Å². The van der Waals surface area contributed by atoms with Crippen LogP contribution in [0.2, 0.25) is 5.02 Å². The lowest BCUT2D eigenvalue weighted by molar-refractivity contribution is -0.126. The van der Waals surface area contributed by atoms with Gasteiger partial charge >= 0.3 is 0 Å². The maximum atomic E-state index is 12.9. The molecule has 4 rings (SSSR count). The van der Waals surface area contributed by atoms with Crippen molar-refractivity contribution >= 4 is 29.3 Å². The second-order valence-electron chi connectivity index (χ2n) is 8.01. The minimum absolute atomic E-state index is 0.0321. The van der Waals surface area contributed by atoms with E-state index in [1.165, 1.54) is 12.1 Å². The number of thioether (sulfide) groups is 1. The molecule has 1 aliphatic heterocycles. The van der Waals surface area contributed by atoms with Crippen LogP contribution in [0.5, 0.6) is 0 Å². The van der Waals surface area contributed by atoms with Gasteiger partial charge in [0, 0.05) is 29.5 Å². The second-order valence-corrected chi connectivity index (χ2v) is 9.52. The molecule has 0 aliphatic carbocycles. The molecule has 3 aromatic rings. The van der Waals surface area contributed by atoms with Crippen LogP contribution in [-0.2, 0) is 17.1 Å². The predicted molar refractivity (Wildman–Crippen MR) is 128 cm³/mol. The van der Waals surface area contributed by atoms with Crippen LogP contribution < -0.4 is 5.32 Å². The molecule has 33 heavy (non-hydrogen) atoms. The lowest BCUT2D eigenvalue weighted by atomic mass is 9.96. The zero-order chi connectivity index (χ0) is 23.0. The molecule has 1 amide bonds. The standard InChI is InChI=1S/C24H26ClFN4O2S/c25-21-4-2-1-3-20(21)23-28-22(32-29-23)15-30-12-9-18(10-13-30)24(31)27-11-14-33-16-17-5-7-19(26)8-6-17/h1-8,18H,9-16H2,(H,27,31). The summed E-state index contributed by atoms with van der Waals surface area (Å²) in [5, 5.41) is 7.68. The first-order chi connectivity index (χ1) is 16.1. The monoisotopic (exact) mass is 488 g/mol. The first-order valence-corrected chi connectivity index (χ1v) is 12.5. The zero-order valence-corrected chi connectivity index (χ0v) is 19.7. The third-order valence-corrected chi connectivity index (χ3v) is 6.99. The van der Waals surface area contributed by atoms with E-state index in [-0.39, 0.29) is 17.6 Å². The molecular formula is C24H26ClFN4O2S. The predicted octanol–water partition coefficient (Wildman–Crippen LogP) is 4.79. The normalized spacial score (nSPS) is 15.0. The molecule has 0 atom stereocenters. The Balaban J connectivity index is 1.14. The van der Waals surface area contributed by atoms with Gasteiger partial charge in [-0.2, -0.15) is 16.7 Å². The molecule has 6 nitrogen and oxygen atoms in total. The van der Waals surface area contributed by atoms with Crippen molar-refractivity contribution in [2.24, 2.45) is 5.92 Å². The lowest BCUT2D eigenvalue weighted by Gasteiger charge is -2.30. The van der Waals surface area contributed by atoms with Crippen molar-refractivity contribution in [3.8, 4) is 11.4 Å². The van der Waals surface area contributed by atoms with E-state index in [4.69, 9.17) is 16.1 Å². The number of nitrogens with zero attached hydrogens (tertiary/aromatic N) is 3. The molecule has 1 saturated heterocycles. The molecule has 0 unspecified atom stereocenters. The summed E-state index contributed by atoms with van der Waals surface area (Å²) in [5.41, 5.74) is 1.83. The largest absolute Gasteiger partial charge is 0.355 e. The average Bonchev–Trinajstić information content (AvgIpc) is 3.29. The molecule has 1 N–H and O–H groups in total. The van der Waals surface area contributed by atoms with Crippen LogP contribution in [0.4, 0.5) is 4.39 Å². The van der Waals surface area contributed by atoms with E-state index in [0.717, 1.165) is 48.6 Å². The van der Waals surface area contributed by atoms with Crippen molar-refractivity contribution in [2.45, 2.75) is 25.1 Å². The van der Waals surface area contributed by atoms with Gasteiger partial charge in [0.1, 0.15) is 5.82 Å². The molecular weight excluding hydrogens is 463 g/mol. The van der Waals surface area contributed by atoms with Crippen molar-refractivity contribution < 1.29 is 13.7 Å². The SMILES string of the molecule is O=C(NCCSCc1ccc(F)cc1)C1CCN(Cc2nc(-c3ccccc3Cl)no2)CC1. The molecule has 0 spiro atoms. The topological polar surface area (TPSA) is 71.3 Å². The summed E-state index contributed by atoms with van der Waals surface area (Å²) in [4.78, 5) is 19.2. The van der Waals surface area contributed by atoms with Gasteiger partial charge in [0.2, 0.25) is 17.6 Å². The van der Waals surface area contributed by atoms with E-state index in [1.807, 2.05) is 18.2 Å². The van der Waals surface area contributed by atoms with E-state index in [0.29, 0.717) is 29.8 Å². The fraction of sp³-hybridized carbons (Fsp3) is 0.375. The van der Waals surface area contributed by atoms with Gasteiger partial charge in [-0.25, -0.2) is 4.39 Å². The van der Waals surface area contributed by atoms with Gasteiger partial charge in [-0.1, -0.05) is 41.0 Å². The molecule has 1 fully saturated rings. The van der Waals surface area contributed by atoms with Gasteiger partial charge in [0.15, 0.2) is 0 Å². The Bertz CT molecular complexity index is 1050. The molecule has 1 aromatic heterocycles. The highest BCUT2D eigenvalue weighted by Gasteiger charge is 2.26. The molecule has 9 heteroatoms. The molecule has 2 heterocycles. The third kappa shape index (κ3) is 6.79. The number of likely N-dealkylation sites (tertiary alicyclic amines) is 1. The summed E-state index contributed by atoms with van der Waals surface area (Å²) >= 11 is 7.94. The maximum absolute atomic E-state index is 12.9. The van der Waals surface area contributed by atoms with Gasteiger partial charge in [0.25, 0.3) is 0 Å². The Hall–Kier alpha value is -2.42. The summed E-state index contributed by atoms with van der Waals surface area (Å²) in [6.45, 7) is 2.81. The molecule has 174 valence electrons. The summed E-state index contributed by atoms with van der Waals surface area (Å²) in [5.74, 6) is 2.60. The number of piperidine rings is 1. The summed E-state index contributed by atoms with van der Waals surface area (Å²) in [6, 6.07) is 13.9. The van der Waals surface area contributed by atoms with Crippen molar-refractivity contribution in [1.82, 2.24) is 20.4 Å². The van der Waals surface area contributed by atoms with Gasteiger partial charge in [-0.05, 0) is 55.8 Å². The van der Waals surface area contributed by atoms with E-state index in [9.17, 15) is 9.18 Å². The van der Waals surface area contributed by atoms with Crippen molar-refractivity contribution in [1.29, 1.82) is 0 Å². The summed E-state index contributed by atoms with van der Waals surface area (Å²) < 4.78 is 18.3. The molecule has 2 aromatic carbocycles. The van der Waals surface area contributed by atoms with Gasteiger partial charge in [0.05, 0.1) is 11.6 Å². The molecule has 0 saturated carbocycles. The molecule has 0 radical (unpaired) electrons. The second kappa shape index (κ2) is 11.6. The van der Waals surface area contributed by atoms with Gasteiger partial charge < -0.3 is 9.84 Å². The van der Waals surface area contributed by atoms with Crippen LogP contribution in [0.25, 0.3) is 11.4 Å². The number of carbonyl (C=O) groups excluding carboxylic acids is 1. The van der Waals surface area contributed by atoms with E-state index < -0.39 is 0 Å². The van der Waals surface area contributed by atoms with Crippen molar-refractivity contribution in [3.63, 3.8) is 0 Å². The highest BCUT2D eigenvalue weighted by molar-refractivity contribution is 7.98. The Morgan fingerprint density at radius 2 is 1.94 bits per heavy atom. The number of aromatic nitrogens is 2.